The molecule has 0 aliphatic heterocycles. The van der Waals surface area contributed by atoms with E-state index in [9.17, 15) is 4.79 Å². The Hall–Kier alpha value is -5.59. The van der Waals surface area contributed by atoms with Crippen LogP contribution in [0.2, 0.25) is 0 Å². The second-order valence-corrected chi connectivity index (χ2v) is 10.6. The van der Waals surface area contributed by atoms with Gasteiger partial charge in [0.2, 0.25) is 23.7 Å². The number of rotatable bonds is 12. The highest BCUT2D eigenvalue weighted by Gasteiger charge is 2.20. The number of imidazole rings is 2. The molecule has 0 aliphatic rings. The molecule has 13 heteroatoms. The standard InChI is InChI=1S/C32H36N10O3/c1-6-22-30(45-20(4)34-22)38-32-36-24-17-21(29(33)43)18-26(44-5)28(24)41(32)15-11-10-14-40-25-13-9-8-12-23(25)35-31(40)37-27-16-19(3)39-42(27)7-2/h8-13,16-18H,6-7,14-15H2,1-5H3,(H2,33,43)(H,35,37)(H,36,38)/b11-10+. The van der Waals surface area contributed by atoms with Gasteiger partial charge in [0.1, 0.15) is 22.8 Å². The van der Waals surface area contributed by atoms with Gasteiger partial charge in [0, 0.05) is 38.2 Å². The molecule has 6 aromatic rings. The fourth-order valence-corrected chi connectivity index (χ4v) is 5.43. The smallest absolute Gasteiger partial charge is 0.248 e. The summed E-state index contributed by atoms with van der Waals surface area (Å²) in [5, 5.41) is 11.4. The lowest BCUT2D eigenvalue weighted by Crippen LogP contribution is -2.11. The summed E-state index contributed by atoms with van der Waals surface area (Å²) in [6.45, 7) is 9.58. The number of anilines is 4. The highest BCUT2D eigenvalue weighted by Crippen LogP contribution is 2.33. The van der Waals surface area contributed by atoms with Crippen molar-refractivity contribution in [1.29, 1.82) is 0 Å². The maximum absolute atomic E-state index is 12.0. The Kier molecular flexibility index (Phi) is 7.98. The number of primary amides is 1. The number of nitrogens with one attached hydrogen (secondary N) is 2. The second kappa shape index (κ2) is 12.2. The quantitative estimate of drug-likeness (QED) is 0.150. The van der Waals surface area contributed by atoms with Crippen molar-refractivity contribution in [3.63, 3.8) is 0 Å². The average molecular weight is 609 g/mol. The van der Waals surface area contributed by atoms with E-state index in [0.717, 1.165) is 40.7 Å². The monoisotopic (exact) mass is 608 g/mol. The number of amides is 1. The number of oxazole rings is 1. The number of hydrogen-bond acceptors (Lipinski definition) is 9. The van der Waals surface area contributed by atoms with E-state index >= 15 is 0 Å². The van der Waals surface area contributed by atoms with E-state index in [-0.39, 0.29) is 0 Å². The molecule has 4 aromatic heterocycles. The van der Waals surface area contributed by atoms with Crippen molar-refractivity contribution in [2.24, 2.45) is 5.73 Å². The van der Waals surface area contributed by atoms with Crippen LogP contribution in [0.5, 0.6) is 5.75 Å². The van der Waals surface area contributed by atoms with Gasteiger partial charge in [-0.1, -0.05) is 31.2 Å². The first-order chi connectivity index (χ1) is 21.8. The molecule has 45 heavy (non-hydrogen) atoms. The molecule has 0 unspecified atom stereocenters. The summed E-state index contributed by atoms with van der Waals surface area (Å²) < 4.78 is 17.6. The van der Waals surface area contributed by atoms with Gasteiger partial charge in [-0.15, -0.1) is 0 Å². The van der Waals surface area contributed by atoms with E-state index in [2.05, 4.69) is 50.4 Å². The molecule has 4 N–H and O–H groups in total. The number of para-hydroxylation sites is 2. The minimum Gasteiger partial charge on any atom is -0.494 e. The predicted molar refractivity (Wildman–Crippen MR) is 173 cm³/mol. The Morgan fingerprint density at radius 2 is 1.71 bits per heavy atom. The molecule has 2 aromatic carbocycles. The van der Waals surface area contributed by atoms with Crippen molar-refractivity contribution in [3.05, 3.63) is 77.5 Å². The Morgan fingerprint density at radius 3 is 2.44 bits per heavy atom. The summed E-state index contributed by atoms with van der Waals surface area (Å²) in [7, 11) is 1.56. The summed E-state index contributed by atoms with van der Waals surface area (Å²) in [5.41, 5.74) is 10.8. The van der Waals surface area contributed by atoms with Crippen molar-refractivity contribution in [2.75, 3.05) is 17.7 Å². The van der Waals surface area contributed by atoms with E-state index in [0.29, 0.717) is 59.6 Å². The fourth-order valence-electron chi connectivity index (χ4n) is 5.43. The molecule has 4 heterocycles. The number of ether oxygens (including phenoxy) is 1. The van der Waals surface area contributed by atoms with Crippen molar-refractivity contribution < 1.29 is 13.9 Å². The van der Waals surface area contributed by atoms with Gasteiger partial charge in [-0.3, -0.25) is 10.1 Å². The number of carbonyl (C=O) groups excluding carboxylic acids is 1. The van der Waals surface area contributed by atoms with E-state index in [4.69, 9.17) is 24.9 Å². The number of aromatic nitrogens is 7. The van der Waals surface area contributed by atoms with Crippen LogP contribution in [0.25, 0.3) is 22.1 Å². The molecule has 1 amide bonds. The Balaban J connectivity index is 1.35. The minimum atomic E-state index is -0.563. The zero-order valence-electron chi connectivity index (χ0n) is 26.0. The van der Waals surface area contributed by atoms with Crippen LogP contribution in [0.1, 0.15) is 41.5 Å². The summed E-state index contributed by atoms with van der Waals surface area (Å²) in [6, 6.07) is 13.4. The zero-order chi connectivity index (χ0) is 31.7. The number of carbonyl (C=O) groups is 1. The maximum atomic E-state index is 12.0. The van der Waals surface area contributed by atoms with Crippen LogP contribution in [0.3, 0.4) is 0 Å². The number of hydrogen-bond donors (Lipinski definition) is 3. The number of benzene rings is 2. The van der Waals surface area contributed by atoms with Crippen LogP contribution in [-0.2, 0) is 26.1 Å². The van der Waals surface area contributed by atoms with Crippen LogP contribution in [-0.4, -0.2) is 46.9 Å². The molecule has 0 saturated heterocycles. The molecule has 13 nitrogen and oxygen atoms in total. The average Bonchev–Trinajstić information content (AvgIpc) is 3.77. The molecule has 0 atom stereocenters. The SMILES string of the molecule is CCc1nc(C)oc1Nc1nc2cc(C(N)=O)cc(OC)c2n1C/C=C/Cn1c(Nc2cc(C)nn2CC)nc2ccccc21. The lowest BCUT2D eigenvalue weighted by molar-refractivity contribution is 0.1000. The summed E-state index contributed by atoms with van der Waals surface area (Å²) in [4.78, 5) is 26.2. The molecular weight excluding hydrogens is 572 g/mol. The molecular formula is C32H36N10O3. The fraction of sp³-hybridized carbons (Fsp3) is 0.281. The van der Waals surface area contributed by atoms with E-state index in [1.165, 1.54) is 0 Å². The molecule has 0 fully saturated rings. The minimum absolute atomic E-state index is 0.308. The first-order valence-electron chi connectivity index (χ1n) is 14.8. The summed E-state index contributed by atoms with van der Waals surface area (Å²) >= 11 is 0. The highest BCUT2D eigenvalue weighted by atomic mass is 16.5. The number of nitrogens with two attached hydrogens (primary N) is 1. The predicted octanol–water partition coefficient (Wildman–Crippen LogP) is 5.62. The topological polar surface area (TPSA) is 156 Å². The first-order valence-corrected chi connectivity index (χ1v) is 14.8. The van der Waals surface area contributed by atoms with Gasteiger partial charge in [-0.2, -0.15) is 5.10 Å². The molecule has 0 spiro atoms. The van der Waals surface area contributed by atoms with E-state index < -0.39 is 5.91 Å². The molecule has 0 radical (unpaired) electrons. The maximum Gasteiger partial charge on any atom is 0.248 e. The number of aryl methyl sites for hydroxylation is 4. The molecule has 232 valence electrons. The first kappa shape index (κ1) is 29.5. The van der Waals surface area contributed by atoms with Gasteiger partial charge in [0.05, 0.1) is 29.4 Å². The third-order valence-electron chi connectivity index (χ3n) is 7.51. The van der Waals surface area contributed by atoms with Crippen molar-refractivity contribution in [2.45, 2.75) is 53.8 Å². The van der Waals surface area contributed by atoms with Crippen molar-refractivity contribution in [3.8, 4) is 5.75 Å². The van der Waals surface area contributed by atoms with Crippen LogP contribution < -0.4 is 21.1 Å². The third kappa shape index (κ3) is 5.71. The molecule has 6 rings (SSSR count). The molecule has 0 saturated carbocycles. The van der Waals surface area contributed by atoms with Gasteiger partial charge in [-0.05, 0) is 44.5 Å². The van der Waals surface area contributed by atoms with Crippen molar-refractivity contribution >= 4 is 51.6 Å². The normalized spacial score (nSPS) is 11.7. The zero-order valence-corrected chi connectivity index (χ0v) is 26.0. The van der Waals surface area contributed by atoms with Gasteiger partial charge >= 0.3 is 0 Å². The van der Waals surface area contributed by atoms with Gasteiger partial charge in [0.15, 0.2) is 5.89 Å². The Morgan fingerprint density at radius 1 is 0.978 bits per heavy atom. The third-order valence-corrected chi connectivity index (χ3v) is 7.51. The lowest BCUT2D eigenvalue weighted by Gasteiger charge is -2.11. The van der Waals surface area contributed by atoms with Crippen LogP contribution >= 0.6 is 0 Å². The van der Waals surface area contributed by atoms with Crippen molar-refractivity contribution in [1.82, 2.24) is 33.9 Å². The Bertz CT molecular complexity index is 2050. The number of methoxy groups -OCH3 is 1. The summed E-state index contributed by atoms with van der Waals surface area (Å²) in [6.07, 6.45) is 4.82. The van der Waals surface area contributed by atoms with Gasteiger partial charge in [-0.25, -0.2) is 19.6 Å². The molecule has 0 bridgehead atoms. The number of nitrogens with zero attached hydrogens (tertiary/aromatic N) is 7. The van der Waals surface area contributed by atoms with Crippen LogP contribution in [0, 0.1) is 13.8 Å². The Labute approximate surface area is 259 Å². The lowest BCUT2D eigenvalue weighted by atomic mass is 10.1. The molecule has 0 aliphatic carbocycles. The van der Waals surface area contributed by atoms with Gasteiger partial charge < -0.3 is 29.3 Å². The van der Waals surface area contributed by atoms with Crippen LogP contribution in [0.4, 0.5) is 23.6 Å². The largest absolute Gasteiger partial charge is 0.494 e. The second-order valence-electron chi connectivity index (χ2n) is 10.6. The highest BCUT2D eigenvalue weighted by molar-refractivity contribution is 5.99. The van der Waals surface area contributed by atoms with E-state index in [1.54, 1.807) is 26.2 Å². The van der Waals surface area contributed by atoms with Gasteiger partial charge in [0.25, 0.3) is 0 Å². The number of fused-ring (bicyclic) bond motifs is 2. The van der Waals surface area contributed by atoms with E-state index in [1.807, 2.05) is 47.4 Å². The number of allylic oxidation sites excluding steroid dienone is 2. The van der Waals surface area contributed by atoms with Crippen LogP contribution in [0.15, 0.2) is 59.0 Å². The summed E-state index contributed by atoms with van der Waals surface area (Å²) in [5.74, 6) is 3.11.